The molecule has 1 saturated heterocycles. The molecule has 1 aromatic carbocycles. The maximum atomic E-state index is 13.3. The van der Waals surface area contributed by atoms with Crippen LogP contribution in [0.4, 0.5) is 5.69 Å². The Bertz CT molecular complexity index is 901. The zero-order valence-corrected chi connectivity index (χ0v) is 18.2. The molecule has 0 unspecified atom stereocenters. The Kier molecular flexibility index (Phi) is 5.85. The fourth-order valence-electron chi connectivity index (χ4n) is 3.92. The average molecular weight is 431 g/mol. The fraction of sp³-hybridized carbons (Fsp3) is 0.455. The zero-order valence-electron chi connectivity index (χ0n) is 17.4. The van der Waals surface area contributed by atoms with Crippen LogP contribution in [0.3, 0.4) is 0 Å². The maximum absolute atomic E-state index is 13.3. The number of hydrogen-bond donors (Lipinski definition) is 0. The van der Waals surface area contributed by atoms with Gasteiger partial charge in [-0.2, -0.15) is 0 Å². The summed E-state index contributed by atoms with van der Waals surface area (Å²) < 4.78 is 16.2. The molecule has 2 fully saturated rings. The highest BCUT2D eigenvalue weighted by Crippen LogP contribution is 2.42. The van der Waals surface area contributed by atoms with Gasteiger partial charge in [0.25, 0.3) is 0 Å². The Morgan fingerprint density at radius 2 is 1.87 bits per heavy atom. The van der Waals surface area contributed by atoms with E-state index in [1.807, 2.05) is 16.3 Å². The highest BCUT2D eigenvalue weighted by molar-refractivity contribution is 7.09. The van der Waals surface area contributed by atoms with Crippen LogP contribution in [-0.2, 0) is 16.1 Å². The number of thiophene rings is 1. The monoisotopic (exact) mass is 430 g/mol. The number of nitrogens with zero attached hydrogens (tertiary/aromatic N) is 2. The Balaban J connectivity index is 1.54. The van der Waals surface area contributed by atoms with Crippen LogP contribution in [0.25, 0.3) is 0 Å². The van der Waals surface area contributed by atoms with Gasteiger partial charge in [-0.3, -0.25) is 9.59 Å². The number of amides is 2. The van der Waals surface area contributed by atoms with Crippen molar-refractivity contribution in [3.8, 4) is 17.2 Å². The third-order valence-corrected chi connectivity index (χ3v) is 6.47. The van der Waals surface area contributed by atoms with E-state index in [0.717, 1.165) is 12.8 Å². The van der Waals surface area contributed by atoms with E-state index in [1.165, 1.54) is 26.2 Å². The van der Waals surface area contributed by atoms with Gasteiger partial charge in [0, 0.05) is 36.0 Å². The van der Waals surface area contributed by atoms with Gasteiger partial charge >= 0.3 is 0 Å². The Labute approximate surface area is 180 Å². The van der Waals surface area contributed by atoms with Crippen molar-refractivity contribution < 1.29 is 23.8 Å². The second-order valence-electron chi connectivity index (χ2n) is 7.57. The lowest BCUT2D eigenvalue weighted by molar-refractivity contribution is -0.137. The molecule has 1 saturated carbocycles. The molecule has 0 N–H and O–H groups in total. The molecule has 2 aromatic rings. The average Bonchev–Trinajstić information content (AvgIpc) is 3.32. The molecule has 1 atom stereocenters. The van der Waals surface area contributed by atoms with Crippen molar-refractivity contribution in [3.05, 3.63) is 34.5 Å². The quantitative estimate of drug-likeness (QED) is 0.643. The van der Waals surface area contributed by atoms with E-state index in [2.05, 4.69) is 6.07 Å². The number of methoxy groups -OCH3 is 3. The first-order valence-corrected chi connectivity index (χ1v) is 10.9. The van der Waals surface area contributed by atoms with Crippen LogP contribution in [0.5, 0.6) is 17.2 Å². The predicted molar refractivity (Wildman–Crippen MR) is 114 cm³/mol. The first kappa shape index (κ1) is 20.5. The van der Waals surface area contributed by atoms with Gasteiger partial charge in [-0.25, -0.2) is 0 Å². The number of ether oxygens (including phenoxy) is 3. The van der Waals surface area contributed by atoms with Gasteiger partial charge in [-0.1, -0.05) is 6.07 Å². The number of carbonyl (C=O) groups is 2. The normalized spacial score (nSPS) is 18.4. The van der Waals surface area contributed by atoms with Crippen molar-refractivity contribution in [2.24, 2.45) is 5.92 Å². The van der Waals surface area contributed by atoms with E-state index < -0.39 is 0 Å². The van der Waals surface area contributed by atoms with Crippen molar-refractivity contribution >= 4 is 28.8 Å². The minimum absolute atomic E-state index is 0.0641. The lowest BCUT2D eigenvalue weighted by atomic mass is 10.1. The van der Waals surface area contributed by atoms with Crippen LogP contribution in [0.15, 0.2) is 29.6 Å². The summed E-state index contributed by atoms with van der Waals surface area (Å²) in [5.74, 6) is 1.07. The Hall–Kier alpha value is -2.74. The minimum Gasteiger partial charge on any atom is -0.493 e. The van der Waals surface area contributed by atoms with Crippen LogP contribution < -0.4 is 19.1 Å². The molecule has 30 heavy (non-hydrogen) atoms. The third kappa shape index (κ3) is 3.96. The van der Waals surface area contributed by atoms with Gasteiger partial charge in [0.1, 0.15) is 0 Å². The van der Waals surface area contributed by atoms with Crippen molar-refractivity contribution in [3.63, 3.8) is 0 Å². The molecule has 1 aromatic heterocycles. The van der Waals surface area contributed by atoms with Crippen LogP contribution >= 0.6 is 11.3 Å². The van der Waals surface area contributed by atoms with Crippen LogP contribution in [-0.4, -0.2) is 50.6 Å². The molecular formula is C22H26N2O5S. The topological polar surface area (TPSA) is 68.3 Å². The summed E-state index contributed by atoms with van der Waals surface area (Å²) in [6.07, 6.45) is 2.28. The van der Waals surface area contributed by atoms with Crippen LogP contribution in [0.1, 0.15) is 24.1 Å². The predicted octanol–water partition coefficient (Wildman–Crippen LogP) is 3.32. The largest absolute Gasteiger partial charge is 0.493 e. The SMILES string of the molecule is COc1cc(N2C[C@H](C(=O)N(Cc3cccs3)C3CC3)CC2=O)cc(OC)c1OC. The Morgan fingerprint density at radius 1 is 1.17 bits per heavy atom. The van der Waals surface area contributed by atoms with Gasteiger partial charge in [0.15, 0.2) is 11.5 Å². The van der Waals surface area contributed by atoms with Crippen molar-refractivity contribution in [2.45, 2.75) is 31.8 Å². The van der Waals surface area contributed by atoms with Gasteiger partial charge in [-0.05, 0) is 24.3 Å². The number of hydrogen-bond acceptors (Lipinski definition) is 6. The highest BCUT2D eigenvalue weighted by atomic mass is 32.1. The molecule has 0 radical (unpaired) electrons. The molecule has 2 aliphatic rings. The summed E-state index contributed by atoms with van der Waals surface area (Å²) in [6.45, 7) is 0.972. The third-order valence-electron chi connectivity index (χ3n) is 5.61. The standard InChI is InChI=1S/C22H26N2O5S/c1-27-18-10-16(11-19(28-2)21(18)29-3)23-12-14(9-20(23)25)22(26)24(15-6-7-15)13-17-5-4-8-30-17/h4-5,8,10-11,14-15H,6-7,9,12-13H2,1-3H3/t14-/m1/s1. The molecular weight excluding hydrogens is 404 g/mol. The van der Waals surface area contributed by atoms with Crippen LogP contribution in [0, 0.1) is 5.92 Å². The smallest absolute Gasteiger partial charge is 0.228 e. The first-order chi connectivity index (χ1) is 14.5. The van der Waals surface area contributed by atoms with E-state index in [-0.39, 0.29) is 24.2 Å². The highest BCUT2D eigenvalue weighted by Gasteiger charge is 2.41. The van der Waals surface area contributed by atoms with Crippen molar-refractivity contribution in [1.29, 1.82) is 0 Å². The molecule has 1 aliphatic carbocycles. The maximum Gasteiger partial charge on any atom is 0.228 e. The van der Waals surface area contributed by atoms with Crippen molar-refractivity contribution in [1.82, 2.24) is 4.90 Å². The summed E-state index contributed by atoms with van der Waals surface area (Å²) in [5.41, 5.74) is 0.640. The van der Waals surface area contributed by atoms with Crippen LogP contribution in [0.2, 0.25) is 0 Å². The molecule has 4 rings (SSSR count). The lowest BCUT2D eigenvalue weighted by Crippen LogP contribution is -2.38. The summed E-state index contributed by atoms with van der Waals surface area (Å²) in [5, 5.41) is 2.02. The van der Waals surface area contributed by atoms with E-state index in [9.17, 15) is 9.59 Å². The van der Waals surface area contributed by atoms with E-state index in [0.29, 0.717) is 42.1 Å². The van der Waals surface area contributed by atoms with E-state index in [1.54, 1.807) is 28.4 Å². The minimum atomic E-state index is -0.350. The number of benzene rings is 1. The summed E-state index contributed by atoms with van der Waals surface area (Å²) >= 11 is 1.66. The molecule has 0 spiro atoms. The fourth-order valence-corrected chi connectivity index (χ4v) is 4.63. The molecule has 2 heterocycles. The van der Waals surface area contributed by atoms with Gasteiger partial charge < -0.3 is 24.0 Å². The van der Waals surface area contributed by atoms with Crippen molar-refractivity contribution in [2.75, 3.05) is 32.8 Å². The van der Waals surface area contributed by atoms with Gasteiger partial charge in [0.2, 0.25) is 17.6 Å². The zero-order chi connectivity index (χ0) is 21.3. The Morgan fingerprint density at radius 3 is 2.40 bits per heavy atom. The summed E-state index contributed by atoms with van der Waals surface area (Å²) in [7, 11) is 4.62. The number of anilines is 1. The van der Waals surface area contributed by atoms with Gasteiger partial charge in [-0.15, -0.1) is 11.3 Å². The lowest BCUT2D eigenvalue weighted by Gasteiger charge is -2.25. The number of carbonyl (C=O) groups excluding carboxylic acids is 2. The first-order valence-electron chi connectivity index (χ1n) is 9.99. The number of rotatable bonds is 8. The molecule has 8 heteroatoms. The summed E-state index contributed by atoms with van der Waals surface area (Å²) in [6, 6.07) is 7.84. The molecule has 0 bridgehead atoms. The second-order valence-corrected chi connectivity index (χ2v) is 8.60. The van der Waals surface area contributed by atoms with E-state index >= 15 is 0 Å². The molecule has 160 valence electrons. The molecule has 7 nitrogen and oxygen atoms in total. The molecule has 2 amide bonds. The second kappa shape index (κ2) is 8.55. The van der Waals surface area contributed by atoms with Gasteiger partial charge in [0.05, 0.1) is 39.5 Å². The van der Waals surface area contributed by atoms with E-state index in [4.69, 9.17) is 14.2 Å². The molecule has 1 aliphatic heterocycles. The summed E-state index contributed by atoms with van der Waals surface area (Å²) in [4.78, 5) is 30.9.